The Kier molecular flexibility index (Phi) is 3.56. The summed E-state index contributed by atoms with van der Waals surface area (Å²) in [6.07, 6.45) is 0. The Morgan fingerprint density at radius 2 is 2.00 bits per heavy atom. The van der Waals surface area contributed by atoms with E-state index in [0.29, 0.717) is 6.54 Å². The summed E-state index contributed by atoms with van der Waals surface area (Å²) in [5.41, 5.74) is 7.97. The number of hydrogen-bond acceptors (Lipinski definition) is 2. The second kappa shape index (κ2) is 4.32. The molecule has 1 aromatic carbocycles. The van der Waals surface area contributed by atoms with Crippen LogP contribution in [0.3, 0.4) is 0 Å². The van der Waals surface area contributed by atoms with E-state index in [-0.39, 0.29) is 5.54 Å². The van der Waals surface area contributed by atoms with Gasteiger partial charge in [0.1, 0.15) is 0 Å². The second-order valence-electron chi connectivity index (χ2n) is 4.38. The zero-order valence-corrected chi connectivity index (χ0v) is 10.5. The third-order valence-corrected chi connectivity index (χ3v) is 2.29. The van der Waals surface area contributed by atoms with Crippen LogP contribution in [-0.4, -0.2) is 5.54 Å². The largest absolute Gasteiger partial charge is 0.380 e. The minimum Gasteiger partial charge on any atom is -0.380 e. The van der Waals surface area contributed by atoms with Crippen molar-refractivity contribution in [2.45, 2.75) is 32.9 Å². The van der Waals surface area contributed by atoms with Gasteiger partial charge >= 0.3 is 0 Å². The molecule has 2 nitrogen and oxygen atoms in total. The first-order valence-electron chi connectivity index (χ1n) is 4.69. The van der Waals surface area contributed by atoms with Gasteiger partial charge in [-0.3, -0.25) is 0 Å². The predicted molar refractivity (Wildman–Crippen MR) is 65.4 cm³/mol. The molecular weight excluding hydrogens is 240 g/mol. The zero-order valence-electron chi connectivity index (χ0n) is 8.89. The number of benzene rings is 1. The monoisotopic (exact) mass is 256 g/mol. The molecule has 0 saturated carbocycles. The van der Waals surface area contributed by atoms with Crippen LogP contribution in [-0.2, 0) is 6.54 Å². The van der Waals surface area contributed by atoms with Gasteiger partial charge in [-0.05, 0) is 38.5 Å². The molecule has 0 amide bonds. The number of anilines is 1. The van der Waals surface area contributed by atoms with E-state index < -0.39 is 0 Å². The molecule has 3 heteroatoms. The summed E-state index contributed by atoms with van der Waals surface area (Å²) in [4.78, 5) is 0. The molecule has 78 valence electrons. The summed E-state index contributed by atoms with van der Waals surface area (Å²) in [5, 5.41) is 3.43. The fourth-order valence-electron chi connectivity index (χ4n) is 1.25. The van der Waals surface area contributed by atoms with E-state index in [2.05, 4.69) is 48.1 Å². The van der Waals surface area contributed by atoms with Crippen LogP contribution in [0.1, 0.15) is 26.3 Å². The molecule has 0 bridgehead atoms. The molecule has 1 aromatic rings. The molecule has 0 unspecified atom stereocenters. The van der Waals surface area contributed by atoms with Crippen LogP contribution < -0.4 is 11.1 Å². The normalized spacial score (nSPS) is 11.5. The second-order valence-corrected chi connectivity index (χ2v) is 5.30. The highest BCUT2D eigenvalue weighted by atomic mass is 79.9. The van der Waals surface area contributed by atoms with E-state index >= 15 is 0 Å². The number of rotatable bonds is 2. The Morgan fingerprint density at radius 3 is 2.50 bits per heavy atom. The zero-order chi connectivity index (χ0) is 10.8. The quantitative estimate of drug-likeness (QED) is 0.854. The van der Waals surface area contributed by atoms with Gasteiger partial charge < -0.3 is 11.1 Å². The molecule has 0 aromatic heterocycles. The third-order valence-electron chi connectivity index (χ3n) is 1.80. The number of nitrogens with two attached hydrogens (primary N) is 1. The van der Waals surface area contributed by atoms with Crippen LogP contribution in [0.4, 0.5) is 5.69 Å². The van der Waals surface area contributed by atoms with Crippen molar-refractivity contribution in [1.29, 1.82) is 0 Å². The molecule has 0 aliphatic rings. The average Bonchev–Trinajstić information content (AvgIpc) is 2.01. The highest BCUT2D eigenvalue weighted by molar-refractivity contribution is 9.10. The molecule has 0 saturated heterocycles. The van der Waals surface area contributed by atoms with Gasteiger partial charge in [0, 0.05) is 22.2 Å². The molecular formula is C11H17BrN2. The summed E-state index contributed by atoms with van der Waals surface area (Å²) in [6.45, 7) is 6.96. The lowest BCUT2D eigenvalue weighted by molar-refractivity contribution is 0.632. The van der Waals surface area contributed by atoms with Crippen LogP contribution in [0.25, 0.3) is 0 Å². The van der Waals surface area contributed by atoms with Gasteiger partial charge in [0.15, 0.2) is 0 Å². The van der Waals surface area contributed by atoms with E-state index in [1.165, 1.54) is 0 Å². The van der Waals surface area contributed by atoms with Crippen molar-refractivity contribution in [3.8, 4) is 0 Å². The fourth-order valence-corrected chi connectivity index (χ4v) is 1.61. The summed E-state index contributed by atoms with van der Waals surface area (Å²) in [6, 6.07) is 6.11. The third kappa shape index (κ3) is 3.31. The van der Waals surface area contributed by atoms with Gasteiger partial charge in [0.25, 0.3) is 0 Å². The van der Waals surface area contributed by atoms with E-state index in [4.69, 9.17) is 5.73 Å². The first kappa shape index (κ1) is 11.5. The van der Waals surface area contributed by atoms with E-state index in [9.17, 15) is 0 Å². The Bertz CT molecular complexity index is 316. The highest BCUT2D eigenvalue weighted by Gasteiger charge is 2.11. The van der Waals surface area contributed by atoms with Gasteiger partial charge in [-0.15, -0.1) is 0 Å². The van der Waals surface area contributed by atoms with Crippen LogP contribution in [0, 0.1) is 0 Å². The molecule has 0 fully saturated rings. The molecule has 0 heterocycles. The minimum absolute atomic E-state index is 0.0602. The van der Waals surface area contributed by atoms with Gasteiger partial charge in [-0.25, -0.2) is 0 Å². The predicted octanol–water partition coefficient (Wildman–Crippen LogP) is 3.12. The SMILES string of the molecule is CC(C)(C)Nc1cc(Br)ccc1CN. The minimum atomic E-state index is 0.0602. The molecule has 0 radical (unpaired) electrons. The summed E-state index contributed by atoms with van der Waals surface area (Å²) in [5.74, 6) is 0. The highest BCUT2D eigenvalue weighted by Crippen LogP contribution is 2.23. The van der Waals surface area contributed by atoms with Crippen LogP contribution in [0.15, 0.2) is 22.7 Å². The number of halogens is 1. The van der Waals surface area contributed by atoms with Crippen molar-refractivity contribution >= 4 is 21.6 Å². The number of hydrogen-bond donors (Lipinski definition) is 2. The summed E-state index contributed by atoms with van der Waals surface area (Å²) in [7, 11) is 0. The van der Waals surface area contributed by atoms with Gasteiger partial charge in [0.2, 0.25) is 0 Å². The maximum absolute atomic E-state index is 5.66. The topological polar surface area (TPSA) is 38.0 Å². The Labute approximate surface area is 94.0 Å². The number of nitrogens with one attached hydrogen (secondary N) is 1. The fraction of sp³-hybridized carbons (Fsp3) is 0.455. The summed E-state index contributed by atoms with van der Waals surface area (Å²) < 4.78 is 1.07. The van der Waals surface area contributed by atoms with Crippen molar-refractivity contribution in [1.82, 2.24) is 0 Å². The molecule has 0 aliphatic carbocycles. The van der Waals surface area contributed by atoms with Crippen molar-refractivity contribution in [2.24, 2.45) is 5.73 Å². The van der Waals surface area contributed by atoms with Crippen molar-refractivity contribution < 1.29 is 0 Å². The van der Waals surface area contributed by atoms with Gasteiger partial charge in [-0.2, -0.15) is 0 Å². The van der Waals surface area contributed by atoms with Crippen molar-refractivity contribution in [3.05, 3.63) is 28.2 Å². The van der Waals surface area contributed by atoms with Crippen molar-refractivity contribution in [3.63, 3.8) is 0 Å². The average molecular weight is 257 g/mol. The Morgan fingerprint density at radius 1 is 1.36 bits per heavy atom. The van der Waals surface area contributed by atoms with Gasteiger partial charge in [-0.1, -0.05) is 22.0 Å². The molecule has 0 spiro atoms. The molecule has 14 heavy (non-hydrogen) atoms. The maximum Gasteiger partial charge on any atom is 0.0401 e. The first-order valence-corrected chi connectivity index (χ1v) is 5.48. The Balaban J connectivity index is 2.99. The lowest BCUT2D eigenvalue weighted by Crippen LogP contribution is -2.27. The molecule has 0 aliphatic heterocycles. The molecule has 3 N–H and O–H groups in total. The smallest absolute Gasteiger partial charge is 0.0401 e. The van der Waals surface area contributed by atoms with Crippen molar-refractivity contribution in [2.75, 3.05) is 5.32 Å². The lowest BCUT2D eigenvalue weighted by atomic mass is 10.1. The Hall–Kier alpha value is -0.540. The van der Waals surface area contributed by atoms with Crippen LogP contribution >= 0.6 is 15.9 Å². The summed E-state index contributed by atoms with van der Waals surface area (Å²) >= 11 is 3.45. The van der Waals surface area contributed by atoms with E-state index in [0.717, 1.165) is 15.7 Å². The molecule has 1 rings (SSSR count). The first-order chi connectivity index (χ1) is 6.42. The van der Waals surface area contributed by atoms with Crippen LogP contribution in [0.5, 0.6) is 0 Å². The molecule has 0 atom stereocenters. The van der Waals surface area contributed by atoms with Gasteiger partial charge in [0.05, 0.1) is 0 Å². The standard InChI is InChI=1S/C11H17BrN2/c1-11(2,3)14-10-6-9(12)5-4-8(10)7-13/h4-6,14H,7,13H2,1-3H3. The van der Waals surface area contributed by atoms with E-state index in [1.54, 1.807) is 0 Å². The van der Waals surface area contributed by atoms with E-state index in [1.807, 2.05) is 12.1 Å². The van der Waals surface area contributed by atoms with Crippen LogP contribution in [0.2, 0.25) is 0 Å². The lowest BCUT2D eigenvalue weighted by Gasteiger charge is -2.24. The maximum atomic E-state index is 5.66.